The third kappa shape index (κ3) is 3.09. The van der Waals surface area contributed by atoms with E-state index in [4.69, 9.17) is 0 Å². The van der Waals surface area contributed by atoms with Crippen LogP contribution in [0.25, 0.3) is 0 Å². The summed E-state index contributed by atoms with van der Waals surface area (Å²) in [7, 11) is 0. The van der Waals surface area contributed by atoms with Gasteiger partial charge >= 0.3 is 17.8 Å². The molecule has 0 bridgehead atoms. The summed E-state index contributed by atoms with van der Waals surface area (Å²) in [4.78, 5) is 51.3. The van der Waals surface area contributed by atoms with Gasteiger partial charge in [-0.1, -0.05) is 20.8 Å². The third-order valence-corrected chi connectivity index (χ3v) is 4.54. The van der Waals surface area contributed by atoms with Crippen LogP contribution in [0.5, 0.6) is 0 Å². The molecule has 1 fully saturated rings. The average Bonchev–Trinajstić information content (AvgIpc) is 3.02. The Morgan fingerprint density at radius 2 is 1.77 bits per heavy atom. The van der Waals surface area contributed by atoms with Crippen molar-refractivity contribution < 1.29 is 19.2 Å². The predicted octanol–water partition coefficient (Wildman–Crippen LogP) is 1.94. The first kappa shape index (κ1) is 16.4. The Balaban J connectivity index is 2.12. The number of nitrogens with zero attached hydrogens (tertiary/aromatic N) is 2. The topological polar surface area (TPSA) is 74.8 Å². The van der Waals surface area contributed by atoms with Crippen molar-refractivity contribution in [3.05, 3.63) is 21.9 Å². The molecule has 1 saturated heterocycles. The summed E-state index contributed by atoms with van der Waals surface area (Å²) in [6, 6.07) is 2.83. The SMILES string of the molecule is CCc1ccc(C(=O)CN2C(=O)C(=O)N(CC(C)C)C2=O)s1. The Labute approximate surface area is 132 Å². The van der Waals surface area contributed by atoms with Crippen molar-refractivity contribution in [2.75, 3.05) is 13.1 Å². The number of ketones is 1. The van der Waals surface area contributed by atoms with Gasteiger partial charge in [0.15, 0.2) is 5.78 Å². The van der Waals surface area contributed by atoms with E-state index in [0.29, 0.717) is 4.88 Å². The van der Waals surface area contributed by atoms with E-state index in [0.717, 1.165) is 21.1 Å². The second-order valence-corrected chi connectivity index (χ2v) is 6.69. The van der Waals surface area contributed by atoms with Crippen LogP contribution in [0.15, 0.2) is 12.1 Å². The van der Waals surface area contributed by atoms with Gasteiger partial charge in [-0.15, -0.1) is 11.3 Å². The number of rotatable bonds is 6. The zero-order valence-electron chi connectivity index (χ0n) is 12.8. The minimum absolute atomic E-state index is 0.0563. The lowest BCUT2D eigenvalue weighted by molar-refractivity contribution is -0.143. The molecule has 1 aromatic heterocycles. The lowest BCUT2D eigenvalue weighted by Gasteiger charge is -2.16. The average molecular weight is 322 g/mol. The highest BCUT2D eigenvalue weighted by molar-refractivity contribution is 7.14. The van der Waals surface area contributed by atoms with Crippen molar-refractivity contribution in [2.24, 2.45) is 5.92 Å². The summed E-state index contributed by atoms with van der Waals surface area (Å²) < 4.78 is 0. The molecule has 0 N–H and O–H groups in total. The van der Waals surface area contributed by atoms with Gasteiger partial charge in [-0.2, -0.15) is 0 Å². The van der Waals surface area contributed by atoms with Crippen LogP contribution in [0.1, 0.15) is 35.3 Å². The van der Waals surface area contributed by atoms with Crippen molar-refractivity contribution in [1.29, 1.82) is 0 Å². The third-order valence-electron chi connectivity index (χ3n) is 3.27. The quantitative estimate of drug-likeness (QED) is 0.456. The van der Waals surface area contributed by atoms with Gasteiger partial charge in [0.05, 0.1) is 11.4 Å². The molecule has 0 atom stereocenters. The van der Waals surface area contributed by atoms with Crippen LogP contribution in [-0.2, 0) is 16.0 Å². The highest BCUT2D eigenvalue weighted by Gasteiger charge is 2.45. The molecule has 1 aromatic rings. The molecule has 22 heavy (non-hydrogen) atoms. The number of hydrogen-bond donors (Lipinski definition) is 0. The van der Waals surface area contributed by atoms with E-state index in [2.05, 4.69) is 0 Å². The number of hydrogen-bond acceptors (Lipinski definition) is 5. The fraction of sp³-hybridized carbons (Fsp3) is 0.467. The fourth-order valence-corrected chi connectivity index (χ4v) is 3.03. The maximum atomic E-state index is 12.2. The van der Waals surface area contributed by atoms with Crippen molar-refractivity contribution in [3.63, 3.8) is 0 Å². The molecule has 6 nitrogen and oxygen atoms in total. The Morgan fingerprint density at radius 1 is 1.14 bits per heavy atom. The number of carbonyl (C=O) groups excluding carboxylic acids is 4. The van der Waals surface area contributed by atoms with E-state index >= 15 is 0 Å². The van der Waals surface area contributed by atoms with E-state index < -0.39 is 17.8 Å². The van der Waals surface area contributed by atoms with Crippen molar-refractivity contribution >= 4 is 35.0 Å². The molecule has 1 aliphatic heterocycles. The molecule has 0 radical (unpaired) electrons. The van der Waals surface area contributed by atoms with Gasteiger partial charge in [0.25, 0.3) is 0 Å². The lowest BCUT2D eigenvalue weighted by atomic mass is 10.2. The zero-order valence-corrected chi connectivity index (χ0v) is 13.6. The van der Waals surface area contributed by atoms with E-state index in [-0.39, 0.29) is 24.8 Å². The van der Waals surface area contributed by atoms with Crippen LogP contribution in [0.4, 0.5) is 4.79 Å². The van der Waals surface area contributed by atoms with Crippen LogP contribution in [-0.4, -0.2) is 46.5 Å². The molecular weight excluding hydrogens is 304 g/mol. The number of aryl methyl sites for hydroxylation is 1. The Kier molecular flexibility index (Phi) is 4.75. The van der Waals surface area contributed by atoms with Gasteiger partial charge in [0.1, 0.15) is 0 Å². The predicted molar refractivity (Wildman–Crippen MR) is 81.7 cm³/mol. The number of imide groups is 2. The van der Waals surface area contributed by atoms with E-state index in [1.165, 1.54) is 11.3 Å². The summed E-state index contributed by atoms with van der Waals surface area (Å²) in [6.45, 7) is 5.46. The van der Waals surface area contributed by atoms with Crippen LogP contribution in [0.2, 0.25) is 0 Å². The second-order valence-electron chi connectivity index (χ2n) is 5.53. The van der Waals surface area contributed by atoms with Gasteiger partial charge in [0.2, 0.25) is 0 Å². The van der Waals surface area contributed by atoms with E-state index in [1.807, 2.05) is 26.8 Å². The standard InChI is InChI=1S/C15H18N2O4S/c1-4-10-5-6-12(22-10)11(18)8-17-14(20)13(19)16(15(17)21)7-9(2)3/h5-6,9H,4,7-8H2,1-3H3. The Morgan fingerprint density at radius 3 is 2.32 bits per heavy atom. The molecule has 118 valence electrons. The molecular formula is C15H18N2O4S. The maximum Gasteiger partial charge on any atom is 0.334 e. The molecule has 0 aliphatic carbocycles. The minimum atomic E-state index is -0.925. The number of thiophene rings is 1. The monoisotopic (exact) mass is 322 g/mol. The summed E-state index contributed by atoms with van der Waals surface area (Å²) in [6.07, 6.45) is 0.820. The Bertz CT molecular complexity index is 635. The molecule has 1 aliphatic rings. The second kappa shape index (κ2) is 6.39. The molecule has 2 rings (SSSR count). The van der Waals surface area contributed by atoms with Gasteiger partial charge in [-0.25, -0.2) is 9.69 Å². The van der Waals surface area contributed by atoms with Crippen molar-refractivity contribution in [3.8, 4) is 0 Å². The highest BCUT2D eigenvalue weighted by atomic mass is 32.1. The number of urea groups is 1. The van der Waals surface area contributed by atoms with Crippen LogP contribution in [0, 0.1) is 5.92 Å². The zero-order chi connectivity index (χ0) is 16.4. The molecule has 0 spiro atoms. The first-order valence-corrected chi connectivity index (χ1v) is 7.96. The van der Waals surface area contributed by atoms with Crippen molar-refractivity contribution in [2.45, 2.75) is 27.2 Å². The smallest absolute Gasteiger partial charge is 0.291 e. The summed E-state index contributed by atoms with van der Waals surface area (Å²) in [5.41, 5.74) is 0. The molecule has 2 heterocycles. The first-order valence-electron chi connectivity index (χ1n) is 7.14. The first-order chi connectivity index (χ1) is 10.3. The number of amides is 4. The molecule has 0 unspecified atom stereocenters. The summed E-state index contributed by atoms with van der Waals surface area (Å²) in [5, 5.41) is 0. The highest BCUT2D eigenvalue weighted by Crippen LogP contribution is 2.20. The van der Waals surface area contributed by atoms with Crippen LogP contribution < -0.4 is 0 Å². The van der Waals surface area contributed by atoms with E-state index in [1.54, 1.807) is 6.07 Å². The van der Waals surface area contributed by atoms with Crippen LogP contribution >= 0.6 is 11.3 Å². The van der Waals surface area contributed by atoms with Crippen molar-refractivity contribution in [1.82, 2.24) is 9.80 Å². The largest absolute Gasteiger partial charge is 0.334 e. The Hall–Kier alpha value is -2.02. The summed E-state index contributed by atoms with van der Waals surface area (Å²) in [5.74, 6) is -2.05. The fourth-order valence-electron chi connectivity index (χ4n) is 2.16. The summed E-state index contributed by atoms with van der Waals surface area (Å²) >= 11 is 1.34. The van der Waals surface area contributed by atoms with Gasteiger partial charge in [-0.05, 0) is 24.5 Å². The lowest BCUT2D eigenvalue weighted by Crippen LogP contribution is -2.38. The van der Waals surface area contributed by atoms with Gasteiger partial charge < -0.3 is 0 Å². The molecule has 7 heteroatoms. The van der Waals surface area contributed by atoms with Gasteiger partial charge in [-0.3, -0.25) is 19.3 Å². The maximum absolute atomic E-state index is 12.2. The number of carbonyl (C=O) groups is 4. The molecule has 0 saturated carbocycles. The van der Waals surface area contributed by atoms with Crippen LogP contribution in [0.3, 0.4) is 0 Å². The normalized spacial score (nSPS) is 15.4. The minimum Gasteiger partial charge on any atom is -0.291 e. The molecule has 0 aromatic carbocycles. The number of Topliss-reactive ketones (excluding diaryl/α,β-unsaturated/α-hetero) is 1. The van der Waals surface area contributed by atoms with E-state index in [9.17, 15) is 19.2 Å². The van der Waals surface area contributed by atoms with Gasteiger partial charge in [0, 0.05) is 11.4 Å². The molecule has 4 amide bonds.